The number of carbonyl (C=O) groups is 3. The van der Waals surface area contributed by atoms with Crippen molar-refractivity contribution in [3.63, 3.8) is 0 Å². The van der Waals surface area contributed by atoms with Gasteiger partial charge in [-0.3, -0.25) is 19.5 Å². The van der Waals surface area contributed by atoms with Gasteiger partial charge in [0.15, 0.2) is 0 Å². The van der Waals surface area contributed by atoms with Gasteiger partial charge in [0.1, 0.15) is 6.04 Å². The van der Waals surface area contributed by atoms with Gasteiger partial charge in [-0.05, 0) is 42.0 Å². The summed E-state index contributed by atoms with van der Waals surface area (Å²) >= 11 is 1.60. The van der Waals surface area contributed by atoms with E-state index in [0.717, 1.165) is 17.7 Å². The summed E-state index contributed by atoms with van der Waals surface area (Å²) in [5, 5.41) is 5.98. The van der Waals surface area contributed by atoms with E-state index in [2.05, 4.69) is 29.5 Å². The maximum atomic E-state index is 13.0. The number of methoxy groups -OCH3 is 1. The number of carbonyl (C=O) groups excluding carboxylic acids is 3. The van der Waals surface area contributed by atoms with Crippen LogP contribution in [0.25, 0.3) is 0 Å². The minimum Gasteiger partial charge on any atom is -0.467 e. The highest BCUT2D eigenvalue weighted by atomic mass is 32.2. The number of benzene rings is 1. The van der Waals surface area contributed by atoms with Gasteiger partial charge < -0.3 is 15.4 Å². The van der Waals surface area contributed by atoms with Gasteiger partial charge in [-0.15, -0.1) is 0 Å². The van der Waals surface area contributed by atoms with Crippen LogP contribution in [0, 0.1) is 5.92 Å². The molecule has 0 fully saturated rings. The van der Waals surface area contributed by atoms with Gasteiger partial charge in [0.2, 0.25) is 5.91 Å². The van der Waals surface area contributed by atoms with E-state index in [4.69, 9.17) is 4.74 Å². The highest BCUT2D eigenvalue weighted by Crippen LogP contribution is 2.14. The molecule has 1 aromatic carbocycles. The molecule has 36 heavy (non-hydrogen) atoms. The number of rotatable bonds is 15. The van der Waals surface area contributed by atoms with E-state index in [1.807, 2.05) is 41.5 Å². The largest absolute Gasteiger partial charge is 0.467 e. The standard InChI is InChI=1S/C27H38N4O4S/c1-5-20(2)24(30-26(33)22-12-9-14-28-16-22)18-31(17-21-10-7-6-8-11-21)19-25(32)29-23(13-15-36-4)27(34)35-3/h6-12,14,16,20,23-24H,5,13,15,17-19H2,1-4H3,(H,29,32)(H,30,33)/t20-,23-,24+/m0/s1. The number of hydrogen-bond acceptors (Lipinski definition) is 7. The molecule has 2 rings (SSSR count). The number of pyridine rings is 1. The predicted molar refractivity (Wildman–Crippen MR) is 144 cm³/mol. The molecule has 0 aliphatic carbocycles. The van der Waals surface area contributed by atoms with Crippen LogP contribution in [0.1, 0.15) is 42.6 Å². The summed E-state index contributed by atoms with van der Waals surface area (Å²) in [7, 11) is 1.32. The third kappa shape index (κ3) is 9.99. The Morgan fingerprint density at radius 1 is 1.11 bits per heavy atom. The monoisotopic (exact) mass is 514 g/mol. The van der Waals surface area contributed by atoms with Crippen LogP contribution in [-0.2, 0) is 20.9 Å². The SMILES string of the molecule is CC[C@H](C)[C@@H](CN(CC(=O)N[C@@H](CCSC)C(=O)OC)Cc1ccccc1)NC(=O)c1cccnc1. The van der Waals surface area contributed by atoms with Crippen LogP contribution in [0.5, 0.6) is 0 Å². The quantitative estimate of drug-likeness (QED) is 0.352. The molecule has 2 amide bonds. The molecular weight excluding hydrogens is 476 g/mol. The number of nitrogens with one attached hydrogen (secondary N) is 2. The Labute approximate surface area is 218 Å². The summed E-state index contributed by atoms with van der Waals surface area (Å²) in [5.41, 5.74) is 1.55. The summed E-state index contributed by atoms with van der Waals surface area (Å²) in [4.78, 5) is 44.2. The Morgan fingerprint density at radius 3 is 2.47 bits per heavy atom. The van der Waals surface area contributed by atoms with Crippen molar-refractivity contribution in [3.05, 3.63) is 66.0 Å². The van der Waals surface area contributed by atoms with Gasteiger partial charge in [0.05, 0.1) is 19.2 Å². The first-order valence-corrected chi connectivity index (χ1v) is 13.6. The zero-order valence-corrected chi connectivity index (χ0v) is 22.4. The smallest absolute Gasteiger partial charge is 0.328 e. The molecular formula is C27H38N4O4S. The van der Waals surface area contributed by atoms with Crippen molar-refractivity contribution in [3.8, 4) is 0 Å². The molecule has 0 unspecified atom stereocenters. The Balaban J connectivity index is 2.18. The lowest BCUT2D eigenvalue weighted by Gasteiger charge is -2.31. The minimum absolute atomic E-state index is 0.0807. The summed E-state index contributed by atoms with van der Waals surface area (Å²) in [5.74, 6) is -0.00150. The van der Waals surface area contributed by atoms with Gasteiger partial charge in [0, 0.05) is 31.5 Å². The van der Waals surface area contributed by atoms with Gasteiger partial charge in [0.25, 0.3) is 5.91 Å². The van der Waals surface area contributed by atoms with E-state index in [-0.39, 0.29) is 30.3 Å². The maximum absolute atomic E-state index is 13.0. The normalized spacial score (nSPS) is 13.5. The molecule has 196 valence electrons. The Kier molecular flexibility index (Phi) is 13.0. The third-order valence-corrected chi connectivity index (χ3v) is 6.72. The second-order valence-electron chi connectivity index (χ2n) is 8.79. The molecule has 0 saturated heterocycles. The zero-order valence-electron chi connectivity index (χ0n) is 21.6. The van der Waals surface area contributed by atoms with Crippen molar-refractivity contribution in [1.29, 1.82) is 0 Å². The number of esters is 1. The van der Waals surface area contributed by atoms with Gasteiger partial charge in [-0.1, -0.05) is 50.6 Å². The summed E-state index contributed by atoms with van der Waals surface area (Å²) in [6, 6.07) is 12.5. The molecule has 0 spiro atoms. The number of amides is 2. The number of aromatic nitrogens is 1. The number of ether oxygens (including phenoxy) is 1. The van der Waals surface area contributed by atoms with E-state index < -0.39 is 12.0 Å². The highest BCUT2D eigenvalue weighted by molar-refractivity contribution is 7.98. The topological polar surface area (TPSA) is 101 Å². The van der Waals surface area contributed by atoms with Crippen molar-refractivity contribution >= 4 is 29.5 Å². The Bertz CT molecular complexity index is 945. The van der Waals surface area contributed by atoms with E-state index in [1.54, 1.807) is 36.3 Å². The summed E-state index contributed by atoms with van der Waals surface area (Å²) in [6.07, 6.45) is 6.48. The molecule has 1 aromatic heterocycles. The van der Waals surface area contributed by atoms with Crippen LogP contribution >= 0.6 is 11.8 Å². The van der Waals surface area contributed by atoms with Crippen molar-refractivity contribution < 1.29 is 19.1 Å². The minimum atomic E-state index is -0.691. The number of hydrogen-bond donors (Lipinski definition) is 2. The van der Waals surface area contributed by atoms with Crippen LogP contribution in [0.3, 0.4) is 0 Å². The van der Waals surface area contributed by atoms with Crippen molar-refractivity contribution in [1.82, 2.24) is 20.5 Å². The molecule has 9 heteroatoms. The second-order valence-corrected chi connectivity index (χ2v) is 9.77. The maximum Gasteiger partial charge on any atom is 0.328 e. The lowest BCUT2D eigenvalue weighted by Crippen LogP contribution is -2.51. The molecule has 0 bridgehead atoms. The van der Waals surface area contributed by atoms with Crippen LogP contribution in [0.4, 0.5) is 0 Å². The van der Waals surface area contributed by atoms with Crippen LogP contribution in [0.15, 0.2) is 54.9 Å². The van der Waals surface area contributed by atoms with Crippen LogP contribution < -0.4 is 10.6 Å². The summed E-state index contributed by atoms with van der Waals surface area (Å²) in [6.45, 7) is 5.24. The van der Waals surface area contributed by atoms with E-state index in [9.17, 15) is 14.4 Å². The first kappa shape index (κ1) is 29.3. The Morgan fingerprint density at radius 2 is 1.86 bits per heavy atom. The molecule has 0 aliphatic heterocycles. The first-order valence-electron chi connectivity index (χ1n) is 12.2. The van der Waals surface area contributed by atoms with Gasteiger partial charge in [-0.25, -0.2) is 4.79 Å². The predicted octanol–water partition coefficient (Wildman–Crippen LogP) is 3.14. The fraction of sp³-hybridized carbons (Fsp3) is 0.481. The van der Waals surface area contributed by atoms with Gasteiger partial charge in [-0.2, -0.15) is 11.8 Å². The van der Waals surface area contributed by atoms with E-state index >= 15 is 0 Å². The molecule has 2 N–H and O–H groups in total. The summed E-state index contributed by atoms with van der Waals surface area (Å²) < 4.78 is 4.88. The number of nitrogens with zero attached hydrogens (tertiary/aromatic N) is 2. The van der Waals surface area contributed by atoms with Crippen LogP contribution in [-0.4, -0.2) is 72.0 Å². The van der Waals surface area contributed by atoms with Crippen molar-refractivity contribution in [2.45, 2.75) is 45.3 Å². The molecule has 8 nitrogen and oxygen atoms in total. The third-order valence-electron chi connectivity index (χ3n) is 6.07. The molecule has 0 saturated carbocycles. The molecule has 0 aliphatic rings. The lowest BCUT2D eigenvalue weighted by molar-refractivity contribution is -0.145. The van der Waals surface area contributed by atoms with Crippen LogP contribution in [0.2, 0.25) is 0 Å². The molecule has 2 aromatic rings. The molecule has 1 heterocycles. The van der Waals surface area contributed by atoms with Crippen molar-refractivity contribution in [2.24, 2.45) is 5.92 Å². The zero-order chi connectivity index (χ0) is 26.3. The molecule has 0 radical (unpaired) electrons. The van der Waals surface area contributed by atoms with E-state index in [1.165, 1.54) is 7.11 Å². The molecule has 3 atom stereocenters. The first-order chi connectivity index (χ1) is 17.4. The van der Waals surface area contributed by atoms with Crippen molar-refractivity contribution in [2.75, 3.05) is 32.2 Å². The van der Waals surface area contributed by atoms with E-state index in [0.29, 0.717) is 25.1 Å². The average Bonchev–Trinajstić information content (AvgIpc) is 2.90. The number of thioether (sulfide) groups is 1. The lowest BCUT2D eigenvalue weighted by atomic mass is 9.97. The average molecular weight is 515 g/mol. The van der Waals surface area contributed by atoms with Gasteiger partial charge >= 0.3 is 5.97 Å². The highest BCUT2D eigenvalue weighted by Gasteiger charge is 2.26. The second kappa shape index (κ2) is 16.0. The fourth-order valence-electron chi connectivity index (χ4n) is 3.78. The Hall–Kier alpha value is -2.91. The fourth-order valence-corrected chi connectivity index (χ4v) is 4.25.